The average molecular weight is 235 g/mol. The summed E-state index contributed by atoms with van der Waals surface area (Å²) in [5.74, 6) is 2.49. The first kappa shape index (κ1) is 10.7. The van der Waals surface area contributed by atoms with E-state index < -0.39 is 0 Å². The molecular formula is C13H17NO3. The van der Waals surface area contributed by atoms with Crippen LogP contribution in [0.2, 0.25) is 0 Å². The molecule has 4 heteroatoms. The number of ether oxygens (including phenoxy) is 3. The van der Waals surface area contributed by atoms with Crippen LogP contribution < -0.4 is 19.5 Å². The third-order valence-corrected chi connectivity index (χ3v) is 3.69. The molecule has 17 heavy (non-hydrogen) atoms. The van der Waals surface area contributed by atoms with Gasteiger partial charge >= 0.3 is 0 Å². The number of hydrogen-bond acceptors (Lipinski definition) is 4. The van der Waals surface area contributed by atoms with E-state index >= 15 is 0 Å². The fraction of sp³-hybridized carbons (Fsp3) is 0.538. The van der Waals surface area contributed by atoms with Crippen LogP contribution in [0, 0.1) is 0 Å². The molecule has 2 aliphatic rings. The van der Waals surface area contributed by atoms with Crippen molar-refractivity contribution >= 4 is 0 Å². The van der Waals surface area contributed by atoms with Crippen LogP contribution in [0.15, 0.2) is 12.1 Å². The van der Waals surface area contributed by atoms with Gasteiger partial charge in [0.15, 0.2) is 11.5 Å². The predicted molar refractivity (Wildman–Crippen MR) is 63.8 cm³/mol. The second-order valence-corrected chi connectivity index (χ2v) is 4.72. The lowest BCUT2D eigenvalue weighted by Crippen LogP contribution is -2.29. The zero-order chi connectivity index (χ0) is 11.9. The average Bonchev–Trinajstić information content (AvgIpc) is 2.98. The van der Waals surface area contributed by atoms with E-state index in [2.05, 4.69) is 5.32 Å². The fourth-order valence-electron chi connectivity index (χ4n) is 2.32. The Labute approximate surface area is 101 Å². The Morgan fingerprint density at radius 3 is 2.59 bits per heavy atom. The number of hydrogen-bond donors (Lipinski definition) is 1. The van der Waals surface area contributed by atoms with Crippen molar-refractivity contribution in [2.24, 2.45) is 0 Å². The van der Waals surface area contributed by atoms with E-state index in [0.717, 1.165) is 23.7 Å². The van der Waals surface area contributed by atoms with Crippen LogP contribution in [-0.4, -0.2) is 26.5 Å². The SMILES string of the molecule is CNC1(Cc2cc3c(cc2OC)OCO3)CC1. The highest BCUT2D eigenvalue weighted by Crippen LogP contribution is 2.44. The van der Waals surface area contributed by atoms with Crippen molar-refractivity contribution in [1.82, 2.24) is 5.32 Å². The molecule has 1 aromatic rings. The van der Waals surface area contributed by atoms with E-state index in [1.165, 1.54) is 18.4 Å². The first-order valence-corrected chi connectivity index (χ1v) is 5.92. The smallest absolute Gasteiger partial charge is 0.231 e. The molecule has 0 aromatic heterocycles. The first-order valence-electron chi connectivity index (χ1n) is 5.92. The van der Waals surface area contributed by atoms with Crippen molar-refractivity contribution < 1.29 is 14.2 Å². The molecule has 0 amide bonds. The molecule has 1 N–H and O–H groups in total. The Kier molecular flexibility index (Phi) is 2.40. The summed E-state index contributed by atoms with van der Waals surface area (Å²) in [6.45, 7) is 0.305. The highest BCUT2D eigenvalue weighted by molar-refractivity contribution is 5.52. The Balaban J connectivity index is 1.92. The number of methoxy groups -OCH3 is 1. The van der Waals surface area contributed by atoms with Crippen LogP contribution in [-0.2, 0) is 6.42 Å². The molecule has 0 radical (unpaired) electrons. The maximum Gasteiger partial charge on any atom is 0.231 e. The van der Waals surface area contributed by atoms with Gasteiger partial charge in [0.1, 0.15) is 5.75 Å². The molecule has 0 spiro atoms. The van der Waals surface area contributed by atoms with Crippen LogP contribution in [0.3, 0.4) is 0 Å². The van der Waals surface area contributed by atoms with E-state index in [4.69, 9.17) is 14.2 Å². The van der Waals surface area contributed by atoms with Gasteiger partial charge in [-0.2, -0.15) is 0 Å². The maximum absolute atomic E-state index is 5.43. The minimum Gasteiger partial charge on any atom is -0.496 e. The highest BCUT2D eigenvalue weighted by atomic mass is 16.7. The molecule has 0 bridgehead atoms. The molecule has 1 aliphatic carbocycles. The van der Waals surface area contributed by atoms with Gasteiger partial charge in [-0.25, -0.2) is 0 Å². The highest BCUT2D eigenvalue weighted by Gasteiger charge is 2.41. The first-order chi connectivity index (χ1) is 8.26. The van der Waals surface area contributed by atoms with Crippen LogP contribution in [0.25, 0.3) is 0 Å². The van der Waals surface area contributed by atoms with Gasteiger partial charge in [0.25, 0.3) is 0 Å². The Morgan fingerprint density at radius 2 is 2.00 bits per heavy atom. The second kappa shape index (κ2) is 3.81. The molecule has 3 rings (SSSR count). The zero-order valence-corrected chi connectivity index (χ0v) is 10.2. The van der Waals surface area contributed by atoms with Crippen molar-refractivity contribution in [2.75, 3.05) is 21.0 Å². The summed E-state index contributed by atoms with van der Waals surface area (Å²) in [6.07, 6.45) is 3.42. The van der Waals surface area contributed by atoms with Gasteiger partial charge in [-0.15, -0.1) is 0 Å². The molecule has 92 valence electrons. The third kappa shape index (κ3) is 1.82. The van der Waals surface area contributed by atoms with Gasteiger partial charge in [0, 0.05) is 11.6 Å². The van der Waals surface area contributed by atoms with Gasteiger partial charge < -0.3 is 19.5 Å². The van der Waals surface area contributed by atoms with Gasteiger partial charge in [-0.05, 0) is 37.9 Å². The van der Waals surface area contributed by atoms with Gasteiger partial charge in [0.2, 0.25) is 6.79 Å². The molecular weight excluding hydrogens is 218 g/mol. The third-order valence-electron chi connectivity index (χ3n) is 3.69. The van der Waals surface area contributed by atoms with E-state index in [1.807, 2.05) is 19.2 Å². The van der Waals surface area contributed by atoms with E-state index in [0.29, 0.717) is 6.79 Å². The number of likely N-dealkylation sites (N-methyl/N-ethyl adjacent to an activating group) is 1. The fourth-order valence-corrected chi connectivity index (χ4v) is 2.32. The standard InChI is InChI=1S/C13H17NO3/c1-14-13(3-4-13)7-9-5-11-12(17-8-16-11)6-10(9)15-2/h5-6,14H,3-4,7-8H2,1-2H3. The van der Waals surface area contributed by atoms with Crippen LogP contribution in [0.1, 0.15) is 18.4 Å². The molecule has 4 nitrogen and oxygen atoms in total. The van der Waals surface area contributed by atoms with E-state index in [9.17, 15) is 0 Å². The van der Waals surface area contributed by atoms with Crippen molar-refractivity contribution in [2.45, 2.75) is 24.8 Å². The summed E-state index contributed by atoms with van der Waals surface area (Å²) in [5, 5.41) is 3.39. The number of benzene rings is 1. The number of fused-ring (bicyclic) bond motifs is 1. The molecule has 1 saturated carbocycles. The number of rotatable bonds is 4. The Hall–Kier alpha value is -1.42. The molecule has 0 saturated heterocycles. The van der Waals surface area contributed by atoms with Crippen LogP contribution >= 0.6 is 0 Å². The van der Waals surface area contributed by atoms with Gasteiger partial charge in [-0.3, -0.25) is 0 Å². The predicted octanol–water partition coefficient (Wildman–Crippen LogP) is 1.72. The van der Waals surface area contributed by atoms with Crippen molar-refractivity contribution in [1.29, 1.82) is 0 Å². The molecule has 1 heterocycles. The summed E-state index contributed by atoms with van der Waals surface area (Å²) in [4.78, 5) is 0. The monoisotopic (exact) mass is 235 g/mol. The minimum absolute atomic E-state index is 0.265. The molecule has 1 aromatic carbocycles. The van der Waals surface area contributed by atoms with Crippen molar-refractivity contribution in [3.8, 4) is 17.2 Å². The van der Waals surface area contributed by atoms with Crippen LogP contribution in [0.4, 0.5) is 0 Å². The normalized spacial score (nSPS) is 19.2. The molecule has 0 unspecified atom stereocenters. The maximum atomic E-state index is 5.43. The molecule has 1 fully saturated rings. The lowest BCUT2D eigenvalue weighted by atomic mass is 10.0. The van der Waals surface area contributed by atoms with Gasteiger partial charge in [0.05, 0.1) is 7.11 Å². The van der Waals surface area contributed by atoms with Gasteiger partial charge in [-0.1, -0.05) is 0 Å². The summed E-state index contributed by atoms with van der Waals surface area (Å²) in [5.41, 5.74) is 1.45. The summed E-state index contributed by atoms with van der Waals surface area (Å²) in [6, 6.07) is 3.96. The van der Waals surface area contributed by atoms with Crippen molar-refractivity contribution in [3.63, 3.8) is 0 Å². The summed E-state index contributed by atoms with van der Waals surface area (Å²) < 4.78 is 16.2. The topological polar surface area (TPSA) is 39.7 Å². The van der Waals surface area contributed by atoms with E-state index in [-0.39, 0.29) is 5.54 Å². The quantitative estimate of drug-likeness (QED) is 0.862. The second-order valence-electron chi connectivity index (χ2n) is 4.72. The lowest BCUT2D eigenvalue weighted by Gasteiger charge is -2.16. The van der Waals surface area contributed by atoms with Crippen molar-refractivity contribution in [3.05, 3.63) is 17.7 Å². The lowest BCUT2D eigenvalue weighted by molar-refractivity contribution is 0.174. The largest absolute Gasteiger partial charge is 0.496 e. The Bertz CT molecular complexity index is 441. The molecule has 0 atom stereocenters. The zero-order valence-electron chi connectivity index (χ0n) is 10.2. The van der Waals surface area contributed by atoms with Crippen LogP contribution in [0.5, 0.6) is 17.2 Å². The molecule has 1 aliphatic heterocycles. The summed E-state index contributed by atoms with van der Waals surface area (Å²) in [7, 11) is 3.71. The Morgan fingerprint density at radius 1 is 1.29 bits per heavy atom. The van der Waals surface area contributed by atoms with E-state index in [1.54, 1.807) is 7.11 Å². The summed E-state index contributed by atoms with van der Waals surface area (Å²) >= 11 is 0. The number of nitrogens with one attached hydrogen (secondary N) is 1. The minimum atomic E-state index is 0.265.